The van der Waals surface area contributed by atoms with Gasteiger partial charge in [0.15, 0.2) is 17.4 Å². The molecule has 2 aromatic rings. The minimum Gasteiger partial charge on any atom is -0.395 e. The molecule has 1 aromatic carbocycles. The van der Waals surface area contributed by atoms with Crippen LogP contribution in [0.25, 0.3) is 0 Å². The third-order valence-corrected chi connectivity index (χ3v) is 3.81. The fourth-order valence-corrected chi connectivity index (χ4v) is 2.64. The number of nitrogens with two attached hydrogens (primary N) is 1. The zero-order valence-corrected chi connectivity index (χ0v) is 12.9. The number of hydrogen-bond donors (Lipinski definition) is 3. The molecule has 0 radical (unpaired) electrons. The van der Waals surface area contributed by atoms with E-state index in [1.165, 1.54) is 11.2 Å². The Bertz CT molecular complexity index is 793. The Morgan fingerprint density at radius 1 is 1.08 bits per heavy atom. The summed E-state index contributed by atoms with van der Waals surface area (Å²) in [5.41, 5.74) is 1.10. The van der Waals surface area contributed by atoms with Gasteiger partial charge in [-0.25, -0.2) is 5.84 Å². The minimum absolute atomic E-state index is 0.0227. The number of ketones is 2. The predicted molar refractivity (Wildman–Crippen MR) is 86.8 cm³/mol. The normalized spacial score (nSPS) is 12.8. The van der Waals surface area contributed by atoms with Crippen molar-refractivity contribution in [2.45, 2.75) is 0 Å². The summed E-state index contributed by atoms with van der Waals surface area (Å²) >= 11 is 0. The molecule has 124 valence electrons. The second-order valence-electron chi connectivity index (χ2n) is 5.33. The van der Waals surface area contributed by atoms with Gasteiger partial charge in [-0.05, 0) is 0 Å². The highest BCUT2D eigenvalue weighted by atomic mass is 16.3. The number of aliphatic hydroxyl groups is 1. The molecule has 0 amide bonds. The van der Waals surface area contributed by atoms with Crippen LogP contribution in [-0.4, -0.2) is 53.1 Å². The van der Waals surface area contributed by atoms with E-state index in [1.54, 1.807) is 24.3 Å². The summed E-state index contributed by atoms with van der Waals surface area (Å²) in [6.45, 7) is 1.29. The third kappa shape index (κ3) is 2.78. The van der Waals surface area contributed by atoms with E-state index in [0.717, 1.165) is 0 Å². The molecule has 0 fully saturated rings. The number of carbonyl (C=O) groups is 2. The molecule has 1 heterocycles. The maximum atomic E-state index is 12.8. The van der Waals surface area contributed by atoms with Crippen molar-refractivity contribution < 1.29 is 14.7 Å². The van der Waals surface area contributed by atoms with E-state index in [1.807, 2.05) is 0 Å². The van der Waals surface area contributed by atoms with Crippen LogP contribution in [0.4, 0.5) is 5.82 Å². The lowest BCUT2D eigenvalue weighted by Gasteiger charge is -2.23. The van der Waals surface area contributed by atoms with Crippen molar-refractivity contribution in [2.75, 3.05) is 31.3 Å². The second kappa shape index (κ2) is 6.83. The molecular formula is C16H17N5O3. The Kier molecular flexibility index (Phi) is 4.61. The maximum absolute atomic E-state index is 12.8. The largest absolute Gasteiger partial charge is 0.395 e. The minimum atomic E-state index is -0.288. The number of benzene rings is 1. The summed E-state index contributed by atoms with van der Waals surface area (Å²) in [6, 6.07) is 6.67. The molecule has 1 aliphatic carbocycles. The zero-order valence-electron chi connectivity index (χ0n) is 12.9. The van der Waals surface area contributed by atoms with E-state index in [4.69, 9.17) is 10.9 Å². The van der Waals surface area contributed by atoms with Crippen molar-refractivity contribution >= 4 is 17.4 Å². The molecule has 8 nitrogen and oxygen atoms in total. The molecule has 1 aliphatic rings. The van der Waals surface area contributed by atoms with E-state index >= 15 is 0 Å². The first kappa shape index (κ1) is 16.2. The molecule has 8 heteroatoms. The van der Waals surface area contributed by atoms with Crippen LogP contribution in [0.5, 0.6) is 0 Å². The van der Waals surface area contributed by atoms with Crippen molar-refractivity contribution in [3.05, 3.63) is 52.7 Å². The summed E-state index contributed by atoms with van der Waals surface area (Å²) in [7, 11) is 0. The molecule has 0 bridgehead atoms. The van der Waals surface area contributed by atoms with Crippen LogP contribution in [0.2, 0.25) is 0 Å². The average molecular weight is 327 g/mol. The molecule has 0 unspecified atom stereocenters. The van der Waals surface area contributed by atoms with Crippen LogP contribution in [0, 0.1) is 0 Å². The molecule has 0 aliphatic heterocycles. The van der Waals surface area contributed by atoms with Gasteiger partial charge >= 0.3 is 0 Å². The van der Waals surface area contributed by atoms with E-state index in [-0.39, 0.29) is 35.1 Å². The van der Waals surface area contributed by atoms with E-state index in [9.17, 15) is 9.59 Å². The Morgan fingerprint density at radius 3 is 2.50 bits per heavy atom. The molecule has 4 N–H and O–H groups in total. The van der Waals surface area contributed by atoms with Gasteiger partial charge in [0.2, 0.25) is 0 Å². The van der Waals surface area contributed by atoms with Gasteiger partial charge in [-0.15, -0.1) is 5.10 Å². The number of hydrazine groups is 1. The standard InChI is InChI=1S/C16H17N5O3/c17-21(7-5-18-6-8-22)16-13-12(9-19-20-16)14(23)10-3-1-2-4-11(10)15(13)24/h1-4,9,18,22H,5-8,17H2. The highest BCUT2D eigenvalue weighted by molar-refractivity contribution is 6.29. The highest BCUT2D eigenvalue weighted by Gasteiger charge is 2.33. The average Bonchev–Trinajstić information content (AvgIpc) is 2.62. The predicted octanol–water partition coefficient (Wildman–Crippen LogP) is -0.486. The van der Waals surface area contributed by atoms with Gasteiger partial charge < -0.3 is 10.4 Å². The fourth-order valence-electron chi connectivity index (χ4n) is 2.64. The Balaban J connectivity index is 1.95. The van der Waals surface area contributed by atoms with Crippen LogP contribution in [-0.2, 0) is 0 Å². The lowest BCUT2D eigenvalue weighted by molar-refractivity contribution is 0.0978. The van der Waals surface area contributed by atoms with Crippen LogP contribution in [0.15, 0.2) is 30.5 Å². The molecule has 3 rings (SSSR count). The van der Waals surface area contributed by atoms with Gasteiger partial charge in [-0.1, -0.05) is 24.3 Å². The summed E-state index contributed by atoms with van der Waals surface area (Å²) in [4.78, 5) is 25.4. The number of nitrogens with zero attached hydrogens (tertiary/aromatic N) is 3. The van der Waals surface area contributed by atoms with Crippen LogP contribution < -0.4 is 16.2 Å². The Morgan fingerprint density at radius 2 is 1.79 bits per heavy atom. The van der Waals surface area contributed by atoms with Gasteiger partial charge in [-0.3, -0.25) is 14.6 Å². The summed E-state index contributed by atoms with van der Waals surface area (Å²) in [5.74, 6) is 5.62. The van der Waals surface area contributed by atoms with E-state index < -0.39 is 0 Å². The number of fused-ring (bicyclic) bond motifs is 2. The van der Waals surface area contributed by atoms with E-state index in [2.05, 4.69) is 15.5 Å². The van der Waals surface area contributed by atoms with Crippen LogP contribution >= 0.6 is 0 Å². The number of nitrogens with one attached hydrogen (secondary N) is 1. The molecular weight excluding hydrogens is 310 g/mol. The van der Waals surface area contributed by atoms with Gasteiger partial charge in [0.25, 0.3) is 0 Å². The van der Waals surface area contributed by atoms with Gasteiger partial charge in [-0.2, -0.15) is 5.10 Å². The van der Waals surface area contributed by atoms with Crippen molar-refractivity contribution in [1.82, 2.24) is 15.5 Å². The highest BCUT2D eigenvalue weighted by Crippen LogP contribution is 2.30. The lowest BCUT2D eigenvalue weighted by atomic mass is 9.85. The summed E-state index contributed by atoms with van der Waals surface area (Å²) in [6.07, 6.45) is 1.30. The number of carbonyl (C=O) groups excluding carboxylic acids is 2. The molecule has 0 saturated heterocycles. The van der Waals surface area contributed by atoms with Gasteiger partial charge in [0, 0.05) is 30.8 Å². The summed E-state index contributed by atoms with van der Waals surface area (Å²) < 4.78 is 0. The number of rotatable bonds is 6. The molecule has 24 heavy (non-hydrogen) atoms. The van der Waals surface area contributed by atoms with Crippen LogP contribution in [0.3, 0.4) is 0 Å². The second-order valence-corrected chi connectivity index (χ2v) is 5.33. The van der Waals surface area contributed by atoms with Crippen molar-refractivity contribution in [2.24, 2.45) is 5.84 Å². The van der Waals surface area contributed by atoms with Gasteiger partial charge in [0.05, 0.1) is 23.9 Å². The molecule has 1 aromatic heterocycles. The number of hydrogen-bond acceptors (Lipinski definition) is 8. The van der Waals surface area contributed by atoms with E-state index in [0.29, 0.717) is 30.8 Å². The monoisotopic (exact) mass is 327 g/mol. The fraction of sp³-hybridized carbons (Fsp3) is 0.250. The van der Waals surface area contributed by atoms with Crippen molar-refractivity contribution in [3.8, 4) is 0 Å². The quantitative estimate of drug-likeness (QED) is 0.315. The summed E-state index contributed by atoms with van der Waals surface area (Å²) in [5, 5.41) is 20.8. The molecule has 0 saturated carbocycles. The van der Waals surface area contributed by atoms with Crippen molar-refractivity contribution in [3.63, 3.8) is 0 Å². The Hall–Kier alpha value is -2.68. The smallest absolute Gasteiger partial charge is 0.198 e. The molecule has 0 spiro atoms. The van der Waals surface area contributed by atoms with Crippen LogP contribution in [0.1, 0.15) is 31.8 Å². The SMILES string of the molecule is NN(CCNCCO)c1nncc2c1C(=O)c1ccccc1C2=O. The number of anilines is 1. The number of aromatic nitrogens is 2. The first-order chi connectivity index (χ1) is 11.6. The third-order valence-electron chi connectivity index (χ3n) is 3.81. The maximum Gasteiger partial charge on any atom is 0.198 e. The molecule has 0 atom stereocenters. The topological polar surface area (TPSA) is 121 Å². The lowest BCUT2D eigenvalue weighted by Crippen LogP contribution is -2.40. The first-order valence-electron chi connectivity index (χ1n) is 7.53. The first-order valence-corrected chi connectivity index (χ1v) is 7.53. The zero-order chi connectivity index (χ0) is 17.1. The Labute approximate surface area is 138 Å². The van der Waals surface area contributed by atoms with Gasteiger partial charge in [0.1, 0.15) is 0 Å². The number of aliphatic hydroxyl groups excluding tert-OH is 1. The van der Waals surface area contributed by atoms with Crippen molar-refractivity contribution in [1.29, 1.82) is 0 Å².